The molecule has 0 spiro atoms. The van der Waals surface area contributed by atoms with Crippen LogP contribution in [0.3, 0.4) is 0 Å². The highest BCUT2D eigenvalue weighted by atomic mass is 32.2. The molecule has 0 aliphatic carbocycles. The van der Waals surface area contributed by atoms with Crippen molar-refractivity contribution in [3.05, 3.63) is 5.82 Å². The predicted molar refractivity (Wildman–Crippen MR) is 63.4 cm³/mol. The third kappa shape index (κ3) is 1.88. The lowest BCUT2D eigenvalue weighted by Gasteiger charge is -2.36. The van der Waals surface area contributed by atoms with E-state index < -0.39 is 0 Å². The summed E-state index contributed by atoms with van der Waals surface area (Å²) in [5.41, 5.74) is 0. The van der Waals surface area contributed by atoms with Crippen LogP contribution in [0.4, 0.5) is 5.13 Å². The van der Waals surface area contributed by atoms with Crippen LogP contribution in [0.5, 0.6) is 0 Å². The van der Waals surface area contributed by atoms with E-state index in [1.54, 1.807) is 0 Å². The molecule has 2 unspecified atom stereocenters. The summed E-state index contributed by atoms with van der Waals surface area (Å²) in [4.78, 5) is 6.82. The van der Waals surface area contributed by atoms with Crippen molar-refractivity contribution in [3.8, 4) is 0 Å². The van der Waals surface area contributed by atoms with Crippen molar-refractivity contribution < 1.29 is 0 Å². The van der Waals surface area contributed by atoms with Gasteiger partial charge in [-0.1, -0.05) is 6.92 Å². The normalized spacial score (nSPS) is 28.1. The number of anilines is 1. The summed E-state index contributed by atoms with van der Waals surface area (Å²) in [6.45, 7) is 7.61. The Kier molecular flexibility index (Phi) is 2.97. The highest BCUT2D eigenvalue weighted by Crippen LogP contribution is 2.29. The molecule has 1 aromatic heterocycles. The van der Waals surface area contributed by atoms with Gasteiger partial charge in [-0.05, 0) is 13.8 Å². The number of aryl methyl sites for hydroxylation is 1. The first kappa shape index (κ1) is 10.2. The van der Waals surface area contributed by atoms with Crippen LogP contribution in [-0.4, -0.2) is 32.9 Å². The Balaban J connectivity index is 2.17. The molecule has 0 radical (unpaired) electrons. The van der Waals surface area contributed by atoms with Crippen LogP contribution in [-0.2, 0) is 0 Å². The van der Waals surface area contributed by atoms with Crippen molar-refractivity contribution in [1.29, 1.82) is 0 Å². The van der Waals surface area contributed by atoms with E-state index in [0.29, 0.717) is 11.3 Å². The van der Waals surface area contributed by atoms with Gasteiger partial charge in [-0.25, -0.2) is 4.98 Å². The average molecular weight is 229 g/mol. The molecule has 2 atom stereocenters. The standard InChI is InChI=1S/C9H15N3S2/c1-6-7(2)13-5-4-12(6)9-10-8(3)11-14-9/h6-7H,4-5H2,1-3H3. The molecule has 1 fully saturated rings. The molecule has 1 aromatic rings. The Hall–Kier alpha value is -0.290. The van der Waals surface area contributed by atoms with Gasteiger partial charge in [-0.2, -0.15) is 16.1 Å². The molecule has 14 heavy (non-hydrogen) atoms. The topological polar surface area (TPSA) is 29.0 Å². The Morgan fingerprint density at radius 1 is 1.43 bits per heavy atom. The monoisotopic (exact) mass is 229 g/mol. The molecule has 0 saturated carbocycles. The number of thioether (sulfide) groups is 1. The van der Waals surface area contributed by atoms with E-state index >= 15 is 0 Å². The van der Waals surface area contributed by atoms with Crippen molar-refractivity contribution in [2.45, 2.75) is 32.1 Å². The summed E-state index contributed by atoms with van der Waals surface area (Å²) in [6.07, 6.45) is 0. The highest BCUT2D eigenvalue weighted by Gasteiger charge is 2.27. The molecule has 3 nitrogen and oxygen atoms in total. The number of hydrogen-bond acceptors (Lipinski definition) is 5. The quantitative estimate of drug-likeness (QED) is 0.738. The number of aromatic nitrogens is 2. The zero-order valence-corrected chi connectivity index (χ0v) is 10.4. The van der Waals surface area contributed by atoms with Crippen LogP contribution in [0.2, 0.25) is 0 Å². The average Bonchev–Trinajstić information content (AvgIpc) is 2.57. The number of rotatable bonds is 1. The summed E-state index contributed by atoms with van der Waals surface area (Å²) in [5, 5.41) is 1.77. The van der Waals surface area contributed by atoms with Crippen molar-refractivity contribution in [3.63, 3.8) is 0 Å². The molecular formula is C9H15N3S2. The maximum Gasteiger partial charge on any atom is 0.205 e. The lowest BCUT2D eigenvalue weighted by atomic mass is 10.2. The van der Waals surface area contributed by atoms with Crippen LogP contribution in [0.25, 0.3) is 0 Å². The van der Waals surface area contributed by atoms with Gasteiger partial charge in [0.2, 0.25) is 5.13 Å². The van der Waals surface area contributed by atoms with Crippen molar-refractivity contribution in [1.82, 2.24) is 9.36 Å². The molecule has 0 aromatic carbocycles. The van der Waals surface area contributed by atoms with E-state index in [1.807, 2.05) is 18.7 Å². The summed E-state index contributed by atoms with van der Waals surface area (Å²) in [7, 11) is 0. The van der Waals surface area contributed by atoms with E-state index in [0.717, 1.165) is 17.5 Å². The van der Waals surface area contributed by atoms with E-state index in [9.17, 15) is 0 Å². The third-order valence-electron chi connectivity index (χ3n) is 2.65. The lowest BCUT2D eigenvalue weighted by Crippen LogP contribution is -2.44. The zero-order chi connectivity index (χ0) is 10.1. The van der Waals surface area contributed by atoms with E-state index in [2.05, 4.69) is 28.1 Å². The summed E-state index contributed by atoms with van der Waals surface area (Å²) >= 11 is 3.56. The summed E-state index contributed by atoms with van der Waals surface area (Å²) in [5.74, 6) is 2.09. The second kappa shape index (κ2) is 4.06. The van der Waals surface area contributed by atoms with Crippen molar-refractivity contribution >= 4 is 28.4 Å². The summed E-state index contributed by atoms with van der Waals surface area (Å²) in [6, 6.07) is 0.570. The van der Waals surface area contributed by atoms with Crippen LogP contribution >= 0.6 is 23.3 Å². The molecule has 0 amide bonds. The Labute approximate surface area is 93.1 Å². The fourth-order valence-electron chi connectivity index (χ4n) is 1.61. The SMILES string of the molecule is Cc1nsc(N2CCSC(C)C2C)n1. The highest BCUT2D eigenvalue weighted by molar-refractivity contribution is 8.00. The fourth-order valence-corrected chi connectivity index (χ4v) is 3.50. The molecular weight excluding hydrogens is 214 g/mol. The number of nitrogens with zero attached hydrogens (tertiary/aromatic N) is 3. The molecule has 78 valence electrons. The van der Waals surface area contributed by atoms with Crippen molar-refractivity contribution in [2.75, 3.05) is 17.2 Å². The van der Waals surface area contributed by atoms with Gasteiger partial charge in [0.25, 0.3) is 0 Å². The maximum absolute atomic E-state index is 4.44. The molecule has 0 N–H and O–H groups in total. The third-order valence-corrected chi connectivity index (χ3v) is 4.83. The molecule has 0 bridgehead atoms. The van der Waals surface area contributed by atoms with E-state index in [-0.39, 0.29) is 0 Å². The minimum Gasteiger partial charge on any atom is -0.342 e. The first-order valence-electron chi connectivity index (χ1n) is 4.87. The van der Waals surface area contributed by atoms with Crippen LogP contribution in [0.1, 0.15) is 19.7 Å². The van der Waals surface area contributed by atoms with Crippen LogP contribution in [0, 0.1) is 6.92 Å². The fraction of sp³-hybridized carbons (Fsp3) is 0.778. The second-order valence-electron chi connectivity index (χ2n) is 3.63. The van der Waals surface area contributed by atoms with Gasteiger partial charge in [-0.3, -0.25) is 0 Å². The van der Waals surface area contributed by atoms with Gasteiger partial charge < -0.3 is 4.90 Å². The lowest BCUT2D eigenvalue weighted by molar-refractivity contribution is 0.625. The summed E-state index contributed by atoms with van der Waals surface area (Å²) < 4.78 is 4.23. The van der Waals surface area contributed by atoms with Gasteiger partial charge in [-0.15, -0.1) is 0 Å². The zero-order valence-electron chi connectivity index (χ0n) is 8.73. The first-order valence-corrected chi connectivity index (χ1v) is 6.69. The maximum atomic E-state index is 4.44. The molecule has 1 aliphatic rings. The predicted octanol–water partition coefficient (Wildman–Crippen LogP) is 2.18. The van der Waals surface area contributed by atoms with Crippen LogP contribution < -0.4 is 4.90 Å². The van der Waals surface area contributed by atoms with Crippen LogP contribution in [0.15, 0.2) is 0 Å². The minimum atomic E-state index is 0.570. The minimum absolute atomic E-state index is 0.570. The Bertz CT molecular complexity index is 313. The number of hydrogen-bond donors (Lipinski definition) is 0. The first-order chi connectivity index (χ1) is 6.68. The smallest absolute Gasteiger partial charge is 0.205 e. The van der Waals surface area contributed by atoms with Gasteiger partial charge in [0.05, 0.1) is 0 Å². The molecule has 2 heterocycles. The second-order valence-corrected chi connectivity index (χ2v) is 5.85. The van der Waals surface area contributed by atoms with Gasteiger partial charge in [0, 0.05) is 35.1 Å². The molecule has 1 aliphatic heterocycles. The molecule has 2 rings (SSSR count). The molecule has 5 heteroatoms. The van der Waals surface area contributed by atoms with E-state index in [1.165, 1.54) is 17.3 Å². The van der Waals surface area contributed by atoms with Gasteiger partial charge >= 0.3 is 0 Å². The van der Waals surface area contributed by atoms with E-state index in [4.69, 9.17) is 0 Å². The van der Waals surface area contributed by atoms with Crippen molar-refractivity contribution in [2.24, 2.45) is 0 Å². The Morgan fingerprint density at radius 2 is 2.21 bits per heavy atom. The largest absolute Gasteiger partial charge is 0.342 e. The van der Waals surface area contributed by atoms with Gasteiger partial charge in [0.15, 0.2) is 0 Å². The Morgan fingerprint density at radius 3 is 2.86 bits per heavy atom. The molecule has 1 saturated heterocycles. The van der Waals surface area contributed by atoms with Gasteiger partial charge in [0.1, 0.15) is 5.82 Å².